The summed E-state index contributed by atoms with van der Waals surface area (Å²) in [5.41, 5.74) is 0. The fourth-order valence-electron chi connectivity index (χ4n) is 2.90. The van der Waals surface area contributed by atoms with E-state index in [0.717, 1.165) is 0 Å². The van der Waals surface area contributed by atoms with Crippen molar-refractivity contribution in [1.82, 2.24) is 16.0 Å². The van der Waals surface area contributed by atoms with Crippen molar-refractivity contribution in [3.8, 4) is 0 Å². The van der Waals surface area contributed by atoms with Crippen molar-refractivity contribution in [3.05, 3.63) is 0 Å². The molecule has 1 rings (SSSR count). The molecule has 0 aromatic rings. The van der Waals surface area contributed by atoms with Gasteiger partial charge < -0.3 is 41.3 Å². The molecule has 0 radical (unpaired) electrons. The number of nitrogens with one attached hydrogen (secondary N) is 3. The Hall–Kier alpha value is -1.83. The molecule has 0 bridgehead atoms. The Balaban J connectivity index is 2.86. The van der Waals surface area contributed by atoms with Gasteiger partial charge in [0.1, 0.15) is 0 Å². The maximum absolute atomic E-state index is 10.7. The Morgan fingerprint density at radius 1 is 0.615 bits per heavy atom. The van der Waals surface area contributed by atoms with E-state index in [0.29, 0.717) is 0 Å². The summed E-state index contributed by atoms with van der Waals surface area (Å²) in [5, 5.41) is 65.1. The number of aliphatic carboxylic acids is 3. The van der Waals surface area contributed by atoms with Crippen LogP contribution in [0.1, 0.15) is 12.8 Å². The molecule has 150 valence electrons. The quantitative estimate of drug-likeness (QED) is 0.168. The molecule has 2 unspecified atom stereocenters. The van der Waals surface area contributed by atoms with E-state index in [2.05, 4.69) is 16.0 Å². The molecule has 0 aromatic carbocycles. The van der Waals surface area contributed by atoms with Gasteiger partial charge in [0.25, 0.3) is 0 Å². The van der Waals surface area contributed by atoms with Gasteiger partial charge >= 0.3 is 17.9 Å². The monoisotopic (exact) mass is 379 g/mol. The summed E-state index contributed by atoms with van der Waals surface area (Å²) in [5.74, 6) is -3.40. The zero-order chi connectivity index (χ0) is 19.9. The Morgan fingerprint density at radius 3 is 1.27 bits per heavy atom. The molecule has 0 saturated heterocycles. The van der Waals surface area contributed by atoms with Crippen molar-refractivity contribution in [2.24, 2.45) is 0 Å². The first kappa shape index (κ1) is 22.2. The number of carboxylic acids is 3. The van der Waals surface area contributed by atoms with Crippen LogP contribution in [0.25, 0.3) is 0 Å². The first-order valence-electron chi connectivity index (χ1n) is 8.05. The molecule has 0 aliphatic heterocycles. The van der Waals surface area contributed by atoms with Crippen molar-refractivity contribution in [2.45, 2.75) is 49.3 Å². The van der Waals surface area contributed by atoms with Crippen LogP contribution in [-0.4, -0.2) is 105 Å². The lowest BCUT2D eigenvalue weighted by Gasteiger charge is -2.47. The second kappa shape index (κ2) is 10.4. The maximum atomic E-state index is 10.7. The predicted molar refractivity (Wildman–Crippen MR) is 85.5 cm³/mol. The fraction of sp³-hybridized carbons (Fsp3) is 0.786. The van der Waals surface area contributed by atoms with Gasteiger partial charge in [0.2, 0.25) is 0 Å². The molecular weight excluding hydrogens is 354 g/mol. The molecule has 12 nitrogen and oxygen atoms in total. The van der Waals surface area contributed by atoms with Crippen LogP contribution in [0, 0.1) is 0 Å². The Kier molecular flexibility index (Phi) is 8.84. The van der Waals surface area contributed by atoms with Gasteiger partial charge in [0.15, 0.2) is 0 Å². The van der Waals surface area contributed by atoms with Gasteiger partial charge in [0, 0.05) is 13.1 Å². The van der Waals surface area contributed by atoms with E-state index in [1.54, 1.807) is 0 Å². The lowest BCUT2D eigenvalue weighted by atomic mass is 9.79. The SMILES string of the molecule is O=C(O)CCN[C@@H]1C(O)[C@H](NCCC(=O)O)[C@H](O)C(NCC(=O)O)[C@@H]1O. The van der Waals surface area contributed by atoms with Crippen molar-refractivity contribution >= 4 is 17.9 Å². The number of aliphatic hydroxyl groups excluding tert-OH is 3. The molecule has 26 heavy (non-hydrogen) atoms. The van der Waals surface area contributed by atoms with Crippen LogP contribution in [0.4, 0.5) is 0 Å². The fourth-order valence-corrected chi connectivity index (χ4v) is 2.90. The third-order valence-electron chi connectivity index (χ3n) is 4.13. The minimum Gasteiger partial charge on any atom is -0.481 e. The van der Waals surface area contributed by atoms with Crippen LogP contribution in [0.5, 0.6) is 0 Å². The van der Waals surface area contributed by atoms with Crippen molar-refractivity contribution in [2.75, 3.05) is 19.6 Å². The molecule has 0 aromatic heterocycles. The van der Waals surface area contributed by atoms with Crippen molar-refractivity contribution in [3.63, 3.8) is 0 Å². The first-order valence-corrected chi connectivity index (χ1v) is 8.05. The summed E-state index contributed by atoms with van der Waals surface area (Å²) >= 11 is 0. The summed E-state index contributed by atoms with van der Waals surface area (Å²) in [6.07, 6.45) is -4.74. The van der Waals surface area contributed by atoms with Crippen molar-refractivity contribution < 1.29 is 45.0 Å². The van der Waals surface area contributed by atoms with Gasteiger partial charge in [-0.2, -0.15) is 0 Å². The van der Waals surface area contributed by atoms with Crippen LogP contribution < -0.4 is 16.0 Å². The molecule has 1 aliphatic rings. The molecule has 9 N–H and O–H groups in total. The molecule has 0 amide bonds. The summed E-state index contributed by atoms with van der Waals surface area (Å²) < 4.78 is 0. The van der Waals surface area contributed by atoms with Crippen molar-refractivity contribution in [1.29, 1.82) is 0 Å². The molecule has 0 spiro atoms. The van der Waals surface area contributed by atoms with E-state index >= 15 is 0 Å². The Bertz CT molecular complexity index is 470. The number of hydrogen-bond donors (Lipinski definition) is 9. The summed E-state index contributed by atoms with van der Waals surface area (Å²) in [4.78, 5) is 32.0. The largest absolute Gasteiger partial charge is 0.481 e. The maximum Gasteiger partial charge on any atom is 0.317 e. The number of rotatable bonds is 11. The number of carbonyl (C=O) groups is 3. The molecular formula is C14H25N3O9. The molecule has 0 heterocycles. The lowest BCUT2D eigenvalue weighted by Crippen LogP contribution is -2.74. The standard InChI is InChI=1S/C14H25N3O9/c18-6(19)1-3-15-9-12(24)10(16-4-2-7(20)21)14(26)11(13(9)25)17-5-8(22)23/h9-17,24-26H,1-5H2,(H,18,19)(H,20,21)(H,22,23)/t9-,10+,11?,12?,13-,14+. The Morgan fingerprint density at radius 2 is 0.962 bits per heavy atom. The van der Waals surface area contributed by atoms with Crippen LogP contribution in [-0.2, 0) is 14.4 Å². The van der Waals surface area contributed by atoms with E-state index < -0.39 is 60.9 Å². The average molecular weight is 379 g/mol. The van der Waals surface area contributed by atoms with Crippen LogP contribution >= 0.6 is 0 Å². The number of hydrogen-bond acceptors (Lipinski definition) is 9. The summed E-state index contributed by atoms with van der Waals surface area (Å²) in [6, 6.07) is -3.27. The minimum absolute atomic E-state index is 0.0717. The van der Waals surface area contributed by atoms with Gasteiger partial charge in [-0.1, -0.05) is 0 Å². The minimum atomic E-state index is -1.41. The average Bonchev–Trinajstić information content (AvgIpc) is 2.53. The van der Waals surface area contributed by atoms with E-state index in [1.807, 2.05) is 0 Å². The zero-order valence-electron chi connectivity index (χ0n) is 13.9. The molecule has 1 saturated carbocycles. The van der Waals surface area contributed by atoms with E-state index in [-0.39, 0.29) is 25.9 Å². The van der Waals surface area contributed by atoms with E-state index in [9.17, 15) is 29.7 Å². The van der Waals surface area contributed by atoms with Gasteiger partial charge in [-0.15, -0.1) is 0 Å². The lowest BCUT2D eigenvalue weighted by molar-refractivity contribution is -0.139. The molecule has 1 fully saturated rings. The van der Waals surface area contributed by atoms with Crippen LogP contribution in [0.2, 0.25) is 0 Å². The van der Waals surface area contributed by atoms with E-state index in [4.69, 9.17) is 15.3 Å². The van der Waals surface area contributed by atoms with Gasteiger partial charge in [-0.25, -0.2) is 0 Å². The van der Waals surface area contributed by atoms with Crippen LogP contribution in [0.3, 0.4) is 0 Å². The highest BCUT2D eigenvalue weighted by atomic mass is 16.4. The van der Waals surface area contributed by atoms with Gasteiger partial charge in [-0.3, -0.25) is 19.7 Å². The highest BCUT2D eigenvalue weighted by molar-refractivity contribution is 5.69. The second-order valence-corrected chi connectivity index (χ2v) is 6.02. The topological polar surface area (TPSA) is 209 Å². The third-order valence-corrected chi connectivity index (χ3v) is 4.13. The van der Waals surface area contributed by atoms with E-state index in [1.165, 1.54) is 0 Å². The first-order chi connectivity index (χ1) is 12.1. The number of aliphatic hydroxyl groups is 3. The predicted octanol–water partition coefficient (Wildman–Crippen LogP) is -4.01. The van der Waals surface area contributed by atoms with Crippen LogP contribution in [0.15, 0.2) is 0 Å². The Labute approximate surface area is 148 Å². The second-order valence-electron chi connectivity index (χ2n) is 6.02. The normalized spacial score (nSPS) is 31.5. The highest BCUT2D eigenvalue weighted by Crippen LogP contribution is 2.22. The number of carboxylic acid groups (broad SMARTS) is 3. The molecule has 12 heteroatoms. The zero-order valence-corrected chi connectivity index (χ0v) is 13.9. The smallest absolute Gasteiger partial charge is 0.317 e. The summed E-state index contributed by atoms with van der Waals surface area (Å²) in [7, 11) is 0. The van der Waals surface area contributed by atoms with Gasteiger partial charge in [0.05, 0.1) is 55.8 Å². The molecule has 1 aliphatic carbocycles. The third kappa shape index (κ3) is 6.48. The highest BCUT2D eigenvalue weighted by Gasteiger charge is 2.48. The van der Waals surface area contributed by atoms with Gasteiger partial charge in [-0.05, 0) is 0 Å². The molecule has 6 atom stereocenters. The summed E-state index contributed by atoms with van der Waals surface area (Å²) in [6.45, 7) is -0.700.